The third-order valence-corrected chi connectivity index (χ3v) is 5.12. The number of rotatable bonds is 6. The van der Waals surface area contributed by atoms with Crippen molar-refractivity contribution in [2.45, 2.75) is 45.3 Å². The molecule has 2 aromatic rings. The van der Waals surface area contributed by atoms with Crippen molar-refractivity contribution in [3.8, 4) is 11.5 Å². The van der Waals surface area contributed by atoms with E-state index in [1.807, 2.05) is 42.9 Å². The number of nitrogens with zero attached hydrogens (tertiary/aromatic N) is 2. The molecule has 1 fully saturated rings. The van der Waals surface area contributed by atoms with E-state index in [1.165, 1.54) is 0 Å². The average Bonchev–Trinajstić information content (AvgIpc) is 3.22. The summed E-state index contributed by atoms with van der Waals surface area (Å²) in [6.07, 6.45) is 6.46. The topological polar surface area (TPSA) is 74.6 Å². The van der Waals surface area contributed by atoms with E-state index < -0.39 is 0 Å². The van der Waals surface area contributed by atoms with Gasteiger partial charge in [-0.2, -0.15) is 5.10 Å². The second kappa shape index (κ2) is 7.83. The van der Waals surface area contributed by atoms with Crippen LogP contribution < -0.4 is 14.8 Å². The van der Waals surface area contributed by atoms with Crippen LogP contribution in [-0.2, 0) is 22.5 Å². The van der Waals surface area contributed by atoms with Crippen molar-refractivity contribution in [3.05, 3.63) is 36.2 Å². The fraction of sp³-hybridized carbons (Fsp3) is 0.524. The van der Waals surface area contributed by atoms with E-state index >= 15 is 0 Å². The molecule has 1 amide bonds. The van der Waals surface area contributed by atoms with Crippen LogP contribution in [0.2, 0.25) is 0 Å². The Labute approximate surface area is 165 Å². The normalized spacial score (nSPS) is 18.4. The molecule has 1 aromatic heterocycles. The molecule has 1 saturated heterocycles. The third-order valence-electron chi connectivity index (χ3n) is 5.12. The van der Waals surface area contributed by atoms with Gasteiger partial charge in [0, 0.05) is 37.9 Å². The molecule has 150 valence electrons. The lowest BCUT2D eigenvalue weighted by Crippen LogP contribution is -2.25. The first-order chi connectivity index (χ1) is 13.5. The number of fused-ring (bicyclic) bond motifs is 1. The lowest BCUT2D eigenvalue weighted by molar-refractivity contribution is -0.118. The van der Waals surface area contributed by atoms with Crippen molar-refractivity contribution >= 4 is 11.6 Å². The van der Waals surface area contributed by atoms with Gasteiger partial charge in [-0.15, -0.1) is 0 Å². The molecular formula is C21H27N3O4. The molecule has 1 N–H and O–H groups in total. The van der Waals surface area contributed by atoms with Crippen LogP contribution in [0.5, 0.6) is 11.5 Å². The molecule has 4 rings (SSSR count). The molecule has 2 aliphatic rings. The Morgan fingerprint density at radius 3 is 3.00 bits per heavy atom. The van der Waals surface area contributed by atoms with Crippen LogP contribution in [0.3, 0.4) is 0 Å². The van der Waals surface area contributed by atoms with Gasteiger partial charge in [0.2, 0.25) is 0 Å². The van der Waals surface area contributed by atoms with Crippen molar-refractivity contribution in [2.75, 3.05) is 25.1 Å². The van der Waals surface area contributed by atoms with Gasteiger partial charge in [-0.3, -0.25) is 9.48 Å². The zero-order chi connectivity index (χ0) is 19.6. The highest BCUT2D eigenvalue weighted by atomic mass is 16.5. The van der Waals surface area contributed by atoms with E-state index in [0.29, 0.717) is 17.4 Å². The van der Waals surface area contributed by atoms with Gasteiger partial charge in [0.15, 0.2) is 18.1 Å². The number of aromatic nitrogens is 2. The second-order valence-corrected chi connectivity index (χ2v) is 8.13. The van der Waals surface area contributed by atoms with Crippen molar-refractivity contribution in [2.24, 2.45) is 5.92 Å². The molecule has 28 heavy (non-hydrogen) atoms. The first kappa shape index (κ1) is 18.8. The molecule has 1 aromatic carbocycles. The number of hydrogen-bond donors (Lipinski definition) is 1. The van der Waals surface area contributed by atoms with E-state index in [0.717, 1.165) is 50.3 Å². The van der Waals surface area contributed by atoms with Gasteiger partial charge in [-0.1, -0.05) is 12.1 Å². The Balaban J connectivity index is 1.29. The highest BCUT2D eigenvalue weighted by Crippen LogP contribution is 2.41. The lowest BCUT2D eigenvalue weighted by Gasteiger charge is -2.21. The summed E-state index contributed by atoms with van der Waals surface area (Å²) in [5.41, 5.74) is 1.54. The van der Waals surface area contributed by atoms with Crippen molar-refractivity contribution in [1.29, 1.82) is 0 Å². The van der Waals surface area contributed by atoms with E-state index in [4.69, 9.17) is 14.2 Å². The third kappa shape index (κ3) is 4.47. The summed E-state index contributed by atoms with van der Waals surface area (Å²) in [4.78, 5) is 12.3. The van der Waals surface area contributed by atoms with Gasteiger partial charge in [-0.05, 0) is 38.7 Å². The molecule has 3 heterocycles. The van der Waals surface area contributed by atoms with Crippen molar-refractivity contribution < 1.29 is 19.0 Å². The number of ether oxygens (including phenoxy) is 3. The Morgan fingerprint density at radius 1 is 1.36 bits per heavy atom. The maximum atomic E-state index is 12.3. The molecule has 0 spiro atoms. The van der Waals surface area contributed by atoms with Gasteiger partial charge >= 0.3 is 0 Å². The van der Waals surface area contributed by atoms with Crippen molar-refractivity contribution in [3.63, 3.8) is 0 Å². The summed E-state index contributed by atoms with van der Waals surface area (Å²) in [6, 6.07) is 5.79. The Hall–Kier alpha value is -2.54. The first-order valence-corrected chi connectivity index (χ1v) is 9.82. The van der Waals surface area contributed by atoms with Crippen LogP contribution in [0.1, 0.15) is 32.3 Å². The van der Waals surface area contributed by atoms with E-state index in [2.05, 4.69) is 10.4 Å². The standard InChI is InChI=1S/C21H27N3O4/c1-21(2)10-16-4-3-5-18(20(16)28-21)27-14-19(25)23-17-11-22-24(13-17)12-15-6-8-26-9-7-15/h3-5,11,13,15H,6-10,12,14H2,1-2H3,(H,23,25). The van der Waals surface area contributed by atoms with Gasteiger partial charge in [0.1, 0.15) is 5.60 Å². The highest BCUT2D eigenvalue weighted by Gasteiger charge is 2.32. The van der Waals surface area contributed by atoms with Gasteiger partial charge in [-0.25, -0.2) is 0 Å². The van der Waals surface area contributed by atoms with Crippen LogP contribution in [0.25, 0.3) is 0 Å². The Kier molecular flexibility index (Phi) is 5.26. The molecule has 0 aliphatic carbocycles. The molecule has 7 heteroatoms. The molecular weight excluding hydrogens is 358 g/mol. The first-order valence-electron chi connectivity index (χ1n) is 9.82. The molecule has 0 radical (unpaired) electrons. The fourth-order valence-electron chi connectivity index (χ4n) is 3.76. The lowest BCUT2D eigenvalue weighted by atomic mass is 10.0. The molecule has 0 saturated carbocycles. The maximum absolute atomic E-state index is 12.3. The average molecular weight is 385 g/mol. The maximum Gasteiger partial charge on any atom is 0.262 e. The summed E-state index contributed by atoms with van der Waals surface area (Å²) in [5, 5.41) is 7.19. The van der Waals surface area contributed by atoms with Crippen LogP contribution in [0.15, 0.2) is 30.6 Å². The number of amides is 1. The van der Waals surface area contributed by atoms with Crippen LogP contribution >= 0.6 is 0 Å². The monoisotopic (exact) mass is 385 g/mol. The summed E-state index contributed by atoms with van der Waals surface area (Å²) in [6.45, 7) is 6.49. The van der Waals surface area contributed by atoms with Gasteiger partial charge < -0.3 is 19.5 Å². The summed E-state index contributed by atoms with van der Waals surface area (Å²) < 4.78 is 19.0. The largest absolute Gasteiger partial charge is 0.483 e. The molecule has 0 bridgehead atoms. The van der Waals surface area contributed by atoms with Gasteiger partial charge in [0.05, 0.1) is 11.9 Å². The van der Waals surface area contributed by atoms with Crippen LogP contribution in [0.4, 0.5) is 5.69 Å². The number of nitrogens with one attached hydrogen (secondary N) is 1. The van der Waals surface area contributed by atoms with E-state index in [9.17, 15) is 4.79 Å². The fourth-order valence-corrected chi connectivity index (χ4v) is 3.76. The van der Waals surface area contributed by atoms with E-state index in [1.54, 1.807) is 6.20 Å². The highest BCUT2D eigenvalue weighted by molar-refractivity contribution is 5.91. The van der Waals surface area contributed by atoms with E-state index in [-0.39, 0.29) is 18.1 Å². The molecule has 0 atom stereocenters. The predicted molar refractivity (Wildman–Crippen MR) is 105 cm³/mol. The smallest absolute Gasteiger partial charge is 0.262 e. The molecule has 0 unspecified atom stereocenters. The Bertz CT molecular complexity index is 840. The zero-order valence-electron chi connectivity index (χ0n) is 16.4. The summed E-state index contributed by atoms with van der Waals surface area (Å²) in [5.74, 6) is 1.70. The zero-order valence-corrected chi connectivity index (χ0v) is 16.4. The number of benzene rings is 1. The number of para-hydroxylation sites is 1. The minimum absolute atomic E-state index is 0.0780. The molecule has 7 nitrogen and oxygen atoms in total. The second-order valence-electron chi connectivity index (χ2n) is 8.13. The number of carbonyl (C=O) groups excluding carboxylic acids is 1. The minimum atomic E-state index is -0.247. The predicted octanol–water partition coefficient (Wildman–Crippen LogP) is 3.04. The Morgan fingerprint density at radius 2 is 2.18 bits per heavy atom. The number of hydrogen-bond acceptors (Lipinski definition) is 5. The van der Waals surface area contributed by atoms with Gasteiger partial charge in [0.25, 0.3) is 5.91 Å². The number of anilines is 1. The van der Waals surface area contributed by atoms with Crippen LogP contribution in [-0.4, -0.2) is 41.1 Å². The number of carbonyl (C=O) groups is 1. The van der Waals surface area contributed by atoms with Crippen LogP contribution in [0, 0.1) is 5.92 Å². The quantitative estimate of drug-likeness (QED) is 0.827. The SMILES string of the molecule is CC1(C)Cc2cccc(OCC(=O)Nc3cnn(CC4CCOCC4)c3)c2O1. The summed E-state index contributed by atoms with van der Waals surface area (Å²) in [7, 11) is 0. The minimum Gasteiger partial charge on any atom is -0.483 e. The van der Waals surface area contributed by atoms with Crippen molar-refractivity contribution in [1.82, 2.24) is 9.78 Å². The summed E-state index contributed by atoms with van der Waals surface area (Å²) >= 11 is 0. The molecule has 2 aliphatic heterocycles.